The first-order chi connectivity index (χ1) is 6.66. The Kier molecular flexibility index (Phi) is 2.45. The number of ketones is 1. The van der Waals surface area contributed by atoms with E-state index in [9.17, 15) is 9.59 Å². The Balaban J connectivity index is 2.08. The first-order valence-corrected chi connectivity index (χ1v) is 5.34. The summed E-state index contributed by atoms with van der Waals surface area (Å²) in [7, 11) is 1.67. The Hall–Kier alpha value is -1.04. The van der Waals surface area contributed by atoms with Gasteiger partial charge in [-0.05, 0) is 6.42 Å². The second-order valence-corrected chi connectivity index (χ2v) is 4.66. The minimum atomic E-state index is -0.211. The fourth-order valence-electron chi connectivity index (χ4n) is 1.47. The maximum Gasteiger partial charge on any atom is 0.343 e. The lowest BCUT2D eigenvalue weighted by molar-refractivity contribution is -0.117. The number of H-pyrrole nitrogens is 1. The van der Waals surface area contributed by atoms with E-state index in [-0.39, 0.29) is 10.9 Å². The van der Waals surface area contributed by atoms with Crippen molar-refractivity contribution in [2.45, 2.75) is 29.7 Å². The number of carbonyl (C=O) groups excluding carboxylic acids is 1. The summed E-state index contributed by atoms with van der Waals surface area (Å²) in [5.74, 6) is 0.308. The van der Waals surface area contributed by atoms with E-state index in [1.54, 1.807) is 7.05 Å². The summed E-state index contributed by atoms with van der Waals surface area (Å²) >= 11 is 1.50. The Morgan fingerprint density at radius 3 is 2.86 bits per heavy atom. The molecule has 0 aromatic carbocycles. The summed E-state index contributed by atoms with van der Waals surface area (Å²) in [5.41, 5.74) is -0.211. The van der Waals surface area contributed by atoms with E-state index in [1.165, 1.54) is 16.3 Å². The van der Waals surface area contributed by atoms with E-state index in [4.69, 9.17) is 0 Å². The third-order valence-electron chi connectivity index (χ3n) is 2.31. The van der Waals surface area contributed by atoms with Gasteiger partial charge in [0.15, 0.2) is 5.16 Å². The highest BCUT2D eigenvalue weighted by atomic mass is 32.2. The molecular formula is C8H11N3O2S. The number of thioether (sulfide) groups is 1. The number of aromatic nitrogens is 3. The summed E-state index contributed by atoms with van der Waals surface area (Å²) in [5, 5.41) is 7.20. The summed E-state index contributed by atoms with van der Waals surface area (Å²) in [4.78, 5) is 22.1. The van der Waals surface area contributed by atoms with E-state index in [1.807, 2.05) is 0 Å². The Morgan fingerprint density at radius 1 is 1.57 bits per heavy atom. The van der Waals surface area contributed by atoms with Crippen molar-refractivity contribution in [3.63, 3.8) is 0 Å². The summed E-state index contributed by atoms with van der Waals surface area (Å²) < 4.78 is 1.47. The van der Waals surface area contributed by atoms with Crippen molar-refractivity contribution in [3.05, 3.63) is 10.5 Å². The molecule has 0 amide bonds. The molecule has 1 N–H and O–H groups in total. The predicted molar refractivity (Wildman–Crippen MR) is 52.3 cm³/mol. The molecule has 1 saturated carbocycles. The smallest absolute Gasteiger partial charge is 0.300 e. The van der Waals surface area contributed by atoms with Crippen molar-refractivity contribution >= 4 is 17.5 Å². The fourth-order valence-corrected chi connectivity index (χ4v) is 2.61. The van der Waals surface area contributed by atoms with Gasteiger partial charge >= 0.3 is 5.69 Å². The number of hydrogen-bond acceptors (Lipinski definition) is 4. The normalized spacial score (nSPS) is 21.8. The van der Waals surface area contributed by atoms with Gasteiger partial charge in [0.05, 0.1) is 0 Å². The van der Waals surface area contributed by atoms with Crippen molar-refractivity contribution < 1.29 is 4.79 Å². The van der Waals surface area contributed by atoms with Crippen LogP contribution in [0.2, 0.25) is 0 Å². The van der Waals surface area contributed by atoms with E-state index in [0.29, 0.717) is 23.8 Å². The molecule has 5 nitrogen and oxygen atoms in total. The Morgan fingerprint density at radius 2 is 2.36 bits per heavy atom. The molecule has 1 aromatic heterocycles. The van der Waals surface area contributed by atoms with Crippen LogP contribution < -0.4 is 5.69 Å². The fraction of sp³-hybridized carbons (Fsp3) is 0.625. The van der Waals surface area contributed by atoms with Crippen LogP contribution >= 0.6 is 11.8 Å². The quantitative estimate of drug-likeness (QED) is 0.768. The third-order valence-corrected chi connectivity index (χ3v) is 3.62. The second kappa shape index (κ2) is 3.61. The monoisotopic (exact) mass is 213 g/mol. The first kappa shape index (κ1) is 9.51. The van der Waals surface area contributed by atoms with Gasteiger partial charge < -0.3 is 0 Å². The third kappa shape index (κ3) is 1.75. The van der Waals surface area contributed by atoms with E-state index >= 15 is 0 Å². The van der Waals surface area contributed by atoms with Crippen LogP contribution in [-0.2, 0) is 11.8 Å². The van der Waals surface area contributed by atoms with Gasteiger partial charge in [-0.3, -0.25) is 9.36 Å². The topological polar surface area (TPSA) is 67.8 Å². The highest BCUT2D eigenvalue weighted by molar-refractivity contribution is 7.99. The minimum absolute atomic E-state index is 0.211. The number of nitrogens with one attached hydrogen (secondary N) is 1. The molecule has 0 aliphatic heterocycles. The van der Waals surface area contributed by atoms with Crippen LogP contribution in [0.1, 0.15) is 19.3 Å². The van der Waals surface area contributed by atoms with Gasteiger partial charge in [0.1, 0.15) is 5.78 Å². The molecule has 14 heavy (non-hydrogen) atoms. The molecular weight excluding hydrogens is 202 g/mol. The number of rotatable bonds is 2. The standard InChI is InChI=1S/C8H11N3O2S/c1-11-7(13)9-10-8(11)14-6-3-2-5(12)4-6/h6H,2-4H2,1H3,(H,9,13). The molecule has 1 aliphatic rings. The maximum absolute atomic E-state index is 11.0. The Bertz CT molecular complexity index is 409. The summed E-state index contributed by atoms with van der Waals surface area (Å²) in [6, 6.07) is 0. The van der Waals surface area contributed by atoms with Crippen LogP contribution in [-0.4, -0.2) is 25.8 Å². The van der Waals surface area contributed by atoms with Crippen LogP contribution in [0.5, 0.6) is 0 Å². The van der Waals surface area contributed by atoms with Gasteiger partial charge in [0, 0.05) is 25.1 Å². The van der Waals surface area contributed by atoms with Crippen molar-refractivity contribution in [2.24, 2.45) is 7.05 Å². The molecule has 1 heterocycles. The number of aromatic amines is 1. The molecule has 1 fully saturated rings. The largest absolute Gasteiger partial charge is 0.343 e. The molecule has 6 heteroatoms. The zero-order chi connectivity index (χ0) is 10.1. The molecule has 1 aliphatic carbocycles. The number of hydrogen-bond donors (Lipinski definition) is 1. The Labute approximate surface area is 84.9 Å². The van der Waals surface area contributed by atoms with Crippen molar-refractivity contribution in [2.75, 3.05) is 0 Å². The number of Topliss-reactive ketones (excluding diaryl/α,β-unsaturated/α-hetero) is 1. The summed E-state index contributed by atoms with van der Waals surface area (Å²) in [6.45, 7) is 0. The molecule has 1 aromatic rings. The lowest BCUT2D eigenvalue weighted by atomic mass is 10.4. The molecule has 0 radical (unpaired) electrons. The van der Waals surface area contributed by atoms with Crippen molar-refractivity contribution in [1.82, 2.24) is 14.8 Å². The van der Waals surface area contributed by atoms with Crippen LogP contribution in [0.4, 0.5) is 0 Å². The zero-order valence-electron chi connectivity index (χ0n) is 7.82. The lowest BCUT2D eigenvalue weighted by Crippen LogP contribution is -2.13. The molecule has 1 unspecified atom stereocenters. The zero-order valence-corrected chi connectivity index (χ0v) is 8.63. The van der Waals surface area contributed by atoms with Crippen molar-refractivity contribution in [3.8, 4) is 0 Å². The van der Waals surface area contributed by atoms with E-state index in [0.717, 1.165) is 6.42 Å². The average Bonchev–Trinajstić information content (AvgIpc) is 2.67. The second-order valence-electron chi connectivity index (χ2n) is 3.39. The first-order valence-electron chi connectivity index (χ1n) is 4.46. The molecule has 0 bridgehead atoms. The average molecular weight is 213 g/mol. The highest BCUT2D eigenvalue weighted by Crippen LogP contribution is 2.31. The lowest BCUT2D eigenvalue weighted by Gasteiger charge is -2.04. The van der Waals surface area contributed by atoms with Crippen LogP contribution in [0.3, 0.4) is 0 Å². The van der Waals surface area contributed by atoms with Gasteiger partial charge in [-0.1, -0.05) is 11.8 Å². The van der Waals surface area contributed by atoms with Crippen LogP contribution in [0.15, 0.2) is 9.95 Å². The molecule has 0 saturated heterocycles. The van der Waals surface area contributed by atoms with Gasteiger partial charge in [-0.2, -0.15) is 0 Å². The SMILES string of the molecule is Cn1c(SC2CCC(=O)C2)n[nH]c1=O. The van der Waals surface area contributed by atoms with Crippen LogP contribution in [0, 0.1) is 0 Å². The van der Waals surface area contributed by atoms with Crippen molar-refractivity contribution in [1.29, 1.82) is 0 Å². The molecule has 2 rings (SSSR count). The highest BCUT2D eigenvalue weighted by Gasteiger charge is 2.24. The number of nitrogens with zero attached hydrogens (tertiary/aromatic N) is 2. The minimum Gasteiger partial charge on any atom is -0.300 e. The van der Waals surface area contributed by atoms with Gasteiger partial charge in [-0.15, -0.1) is 5.10 Å². The van der Waals surface area contributed by atoms with E-state index < -0.39 is 0 Å². The van der Waals surface area contributed by atoms with Crippen LogP contribution in [0.25, 0.3) is 0 Å². The summed E-state index contributed by atoms with van der Waals surface area (Å²) in [6.07, 6.45) is 2.16. The maximum atomic E-state index is 11.0. The van der Waals surface area contributed by atoms with Gasteiger partial charge in [0.2, 0.25) is 0 Å². The molecule has 76 valence electrons. The predicted octanol–water partition coefficient (Wildman–Crippen LogP) is 0.322. The van der Waals surface area contributed by atoms with Gasteiger partial charge in [-0.25, -0.2) is 9.89 Å². The molecule has 0 spiro atoms. The number of carbonyl (C=O) groups is 1. The molecule has 1 atom stereocenters. The van der Waals surface area contributed by atoms with Gasteiger partial charge in [0.25, 0.3) is 0 Å². The van der Waals surface area contributed by atoms with E-state index in [2.05, 4.69) is 10.2 Å².